The molecular weight excluding hydrogens is 399 g/mol. The Morgan fingerprint density at radius 3 is 2.54 bits per heavy atom. The molecule has 0 fully saturated rings. The van der Waals surface area contributed by atoms with E-state index in [-0.39, 0.29) is 35.6 Å². The molecule has 0 radical (unpaired) electrons. The standard InChI is InChI=1S/C18H17ClF3N3O3/c1-10-7-12(8-16(24-10)25-11(2)26)17(27)23-5-6-28-15-4-3-13(9-14(15)19)18(20,21)22/h3-4,7-9H,5-6H2,1-2H3,(H,23,27)(H,24,25,26). The van der Waals surface area contributed by atoms with Crippen molar-refractivity contribution in [2.45, 2.75) is 20.0 Å². The van der Waals surface area contributed by atoms with Crippen LogP contribution < -0.4 is 15.4 Å². The van der Waals surface area contributed by atoms with Gasteiger partial charge in [-0.15, -0.1) is 0 Å². The number of nitrogens with zero attached hydrogens (tertiary/aromatic N) is 1. The minimum atomic E-state index is -4.49. The Morgan fingerprint density at radius 2 is 1.93 bits per heavy atom. The minimum absolute atomic E-state index is 0.000552. The maximum atomic E-state index is 12.6. The van der Waals surface area contributed by atoms with Crippen LogP contribution in [0.25, 0.3) is 0 Å². The van der Waals surface area contributed by atoms with Crippen LogP contribution in [0.2, 0.25) is 5.02 Å². The molecule has 28 heavy (non-hydrogen) atoms. The average molecular weight is 416 g/mol. The number of hydrogen-bond donors (Lipinski definition) is 2. The van der Waals surface area contributed by atoms with Gasteiger partial charge in [-0.3, -0.25) is 9.59 Å². The van der Waals surface area contributed by atoms with Crippen molar-refractivity contribution in [3.63, 3.8) is 0 Å². The first-order chi connectivity index (χ1) is 13.1. The van der Waals surface area contributed by atoms with Crippen LogP contribution >= 0.6 is 11.6 Å². The summed E-state index contributed by atoms with van der Waals surface area (Å²) in [5, 5.41) is 4.93. The Kier molecular flexibility index (Phi) is 6.85. The van der Waals surface area contributed by atoms with E-state index in [4.69, 9.17) is 16.3 Å². The fourth-order valence-electron chi connectivity index (χ4n) is 2.27. The van der Waals surface area contributed by atoms with E-state index >= 15 is 0 Å². The van der Waals surface area contributed by atoms with E-state index in [1.807, 2.05) is 0 Å². The van der Waals surface area contributed by atoms with Gasteiger partial charge in [0.1, 0.15) is 18.2 Å². The quantitative estimate of drug-likeness (QED) is 0.703. The molecule has 1 heterocycles. The number of benzene rings is 1. The number of aromatic nitrogens is 1. The Bertz CT molecular complexity index is 888. The molecule has 0 spiro atoms. The lowest BCUT2D eigenvalue weighted by Gasteiger charge is -2.12. The summed E-state index contributed by atoms with van der Waals surface area (Å²) in [4.78, 5) is 27.4. The number of rotatable bonds is 6. The van der Waals surface area contributed by atoms with Gasteiger partial charge in [0.25, 0.3) is 5.91 Å². The summed E-state index contributed by atoms with van der Waals surface area (Å²) >= 11 is 5.80. The molecule has 150 valence electrons. The van der Waals surface area contributed by atoms with Crippen molar-refractivity contribution in [3.05, 3.63) is 52.2 Å². The number of carbonyl (C=O) groups excluding carboxylic acids is 2. The fraction of sp³-hybridized carbons (Fsp3) is 0.278. The van der Waals surface area contributed by atoms with Crippen LogP contribution in [-0.2, 0) is 11.0 Å². The Balaban J connectivity index is 1.91. The normalized spacial score (nSPS) is 11.1. The number of nitrogens with one attached hydrogen (secondary N) is 2. The molecule has 6 nitrogen and oxygen atoms in total. The summed E-state index contributed by atoms with van der Waals surface area (Å²) in [6, 6.07) is 5.74. The van der Waals surface area contributed by atoms with E-state index in [1.54, 1.807) is 13.0 Å². The number of pyridine rings is 1. The van der Waals surface area contributed by atoms with Crippen molar-refractivity contribution in [3.8, 4) is 5.75 Å². The van der Waals surface area contributed by atoms with Crippen molar-refractivity contribution < 1.29 is 27.5 Å². The van der Waals surface area contributed by atoms with Gasteiger partial charge in [0.05, 0.1) is 17.1 Å². The minimum Gasteiger partial charge on any atom is -0.490 e. The molecule has 2 amide bonds. The zero-order valence-electron chi connectivity index (χ0n) is 15.0. The van der Waals surface area contributed by atoms with Crippen LogP contribution in [0.15, 0.2) is 30.3 Å². The zero-order valence-corrected chi connectivity index (χ0v) is 15.7. The topological polar surface area (TPSA) is 80.3 Å². The van der Waals surface area contributed by atoms with Gasteiger partial charge in [0.15, 0.2) is 0 Å². The van der Waals surface area contributed by atoms with Gasteiger partial charge < -0.3 is 15.4 Å². The highest BCUT2D eigenvalue weighted by molar-refractivity contribution is 6.32. The van der Waals surface area contributed by atoms with Crippen LogP contribution in [-0.4, -0.2) is 29.9 Å². The molecule has 0 saturated carbocycles. The van der Waals surface area contributed by atoms with E-state index in [2.05, 4.69) is 15.6 Å². The van der Waals surface area contributed by atoms with Gasteiger partial charge in [-0.1, -0.05) is 11.6 Å². The molecule has 2 N–H and O–H groups in total. The highest BCUT2D eigenvalue weighted by Gasteiger charge is 2.31. The third kappa shape index (κ3) is 6.12. The molecule has 0 saturated heterocycles. The Labute approximate surface area is 164 Å². The molecule has 0 aliphatic rings. The first kappa shape index (κ1) is 21.5. The number of amides is 2. The summed E-state index contributed by atoms with van der Waals surface area (Å²) in [6.07, 6.45) is -4.49. The summed E-state index contributed by atoms with van der Waals surface area (Å²) in [7, 11) is 0. The summed E-state index contributed by atoms with van der Waals surface area (Å²) < 4.78 is 43.1. The van der Waals surface area contributed by atoms with Gasteiger partial charge >= 0.3 is 6.18 Å². The maximum Gasteiger partial charge on any atom is 0.416 e. The Hall–Kier alpha value is -2.81. The highest BCUT2D eigenvalue weighted by Crippen LogP contribution is 2.34. The van der Waals surface area contributed by atoms with E-state index in [0.29, 0.717) is 11.3 Å². The van der Waals surface area contributed by atoms with Gasteiger partial charge in [0.2, 0.25) is 5.91 Å². The van der Waals surface area contributed by atoms with Crippen molar-refractivity contribution in [2.75, 3.05) is 18.5 Å². The molecule has 10 heteroatoms. The molecule has 0 aliphatic heterocycles. The van der Waals surface area contributed by atoms with Crippen LogP contribution in [0.3, 0.4) is 0 Å². The summed E-state index contributed by atoms with van der Waals surface area (Å²) in [6.45, 7) is 3.09. The molecule has 0 atom stereocenters. The second kappa shape index (κ2) is 8.92. The van der Waals surface area contributed by atoms with E-state index in [9.17, 15) is 22.8 Å². The van der Waals surface area contributed by atoms with Gasteiger partial charge in [0, 0.05) is 18.2 Å². The van der Waals surface area contributed by atoms with Crippen molar-refractivity contribution in [2.24, 2.45) is 0 Å². The molecular formula is C18H17ClF3N3O3. The molecule has 0 aliphatic carbocycles. The number of alkyl halides is 3. The van der Waals surface area contributed by atoms with Crippen LogP contribution in [0, 0.1) is 6.92 Å². The predicted molar refractivity (Wildman–Crippen MR) is 97.6 cm³/mol. The van der Waals surface area contributed by atoms with Gasteiger partial charge in [-0.05, 0) is 37.3 Å². The second-order valence-electron chi connectivity index (χ2n) is 5.81. The van der Waals surface area contributed by atoms with Crippen LogP contribution in [0.4, 0.5) is 19.0 Å². The predicted octanol–water partition coefficient (Wildman–Crippen LogP) is 3.83. The third-order valence-electron chi connectivity index (χ3n) is 3.42. The van der Waals surface area contributed by atoms with Crippen molar-refractivity contribution in [1.82, 2.24) is 10.3 Å². The average Bonchev–Trinajstić information content (AvgIpc) is 2.57. The van der Waals surface area contributed by atoms with Crippen molar-refractivity contribution in [1.29, 1.82) is 0 Å². The smallest absolute Gasteiger partial charge is 0.416 e. The second-order valence-corrected chi connectivity index (χ2v) is 6.22. The van der Waals surface area contributed by atoms with E-state index in [1.165, 1.54) is 13.0 Å². The van der Waals surface area contributed by atoms with Crippen LogP contribution in [0.5, 0.6) is 5.75 Å². The number of hydrogen-bond acceptors (Lipinski definition) is 4. The van der Waals surface area contributed by atoms with E-state index in [0.717, 1.165) is 18.2 Å². The number of ether oxygens (including phenoxy) is 1. The zero-order chi connectivity index (χ0) is 20.9. The summed E-state index contributed by atoms with van der Waals surface area (Å²) in [5.74, 6) is -0.396. The molecule has 2 aromatic rings. The van der Waals surface area contributed by atoms with Crippen molar-refractivity contribution >= 4 is 29.2 Å². The third-order valence-corrected chi connectivity index (χ3v) is 3.72. The molecule has 2 rings (SSSR count). The lowest BCUT2D eigenvalue weighted by Crippen LogP contribution is -2.28. The molecule has 0 unspecified atom stereocenters. The number of halogens is 4. The van der Waals surface area contributed by atoms with Gasteiger partial charge in [-0.2, -0.15) is 13.2 Å². The maximum absolute atomic E-state index is 12.6. The lowest BCUT2D eigenvalue weighted by molar-refractivity contribution is -0.137. The first-order valence-corrected chi connectivity index (χ1v) is 8.48. The molecule has 1 aromatic carbocycles. The largest absolute Gasteiger partial charge is 0.490 e. The highest BCUT2D eigenvalue weighted by atomic mass is 35.5. The molecule has 1 aromatic heterocycles. The van der Waals surface area contributed by atoms with Crippen LogP contribution in [0.1, 0.15) is 28.5 Å². The SMILES string of the molecule is CC(=O)Nc1cc(C(=O)NCCOc2ccc(C(F)(F)F)cc2Cl)cc(C)n1. The van der Waals surface area contributed by atoms with E-state index < -0.39 is 17.6 Å². The number of carbonyl (C=O) groups is 2. The number of anilines is 1. The monoisotopic (exact) mass is 415 g/mol. The molecule has 0 bridgehead atoms. The lowest BCUT2D eigenvalue weighted by atomic mass is 10.2. The fourth-order valence-corrected chi connectivity index (χ4v) is 2.50. The van der Waals surface area contributed by atoms with Gasteiger partial charge in [-0.25, -0.2) is 4.98 Å². The number of aryl methyl sites for hydroxylation is 1. The summed E-state index contributed by atoms with van der Waals surface area (Å²) in [5.41, 5.74) is -0.0332. The first-order valence-electron chi connectivity index (χ1n) is 8.10. The Morgan fingerprint density at radius 1 is 1.21 bits per heavy atom.